The lowest BCUT2D eigenvalue weighted by Gasteiger charge is -2.50. The van der Waals surface area contributed by atoms with Crippen LogP contribution in [-0.2, 0) is 52.4 Å². The molecule has 49 heavy (non-hydrogen) atoms. The Bertz CT molecular complexity index is 1560. The molecular weight excluding hydrogens is 712 g/mol. The van der Waals surface area contributed by atoms with Crippen molar-refractivity contribution in [3.63, 3.8) is 0 Å². The van der Waals surface area contributed by atoms with Crippen molar-refractivity contribution >= 4 is 51.8 Å². The van der Waals surface area contributed by atoms with Crippen molar-refractivity contribution in [3.8, 4) is 11.1 Å². The average molecular weight is 750 g/mol. The highest BCUT2D eigenvalue weighted by Gasteiger charge is 2.62. The summed E-state index contributed by atoms with van der Waals surface area (Å²) in [4.78, 5) is 73.7. The maximum atomic E-state index is 13.5. The van der Waals surface area contributed by atoms with Gasteiger partial charge in [0.05, 0.1) is 19.2 Å². The minimum absolute atomic E-state index is 0.0987. The van der Waals surface area contributed by atoms with E-state index in [9.17, 15) is 33.9 Å². The van der Waals surface area contributed by atoms with E-state index in [1.165, 1.54) is 0 Å². The van der Waals surface area contributed by atoms with Gasteiger partial charge in [-0.15, -0.1) is 0 Å². The lowest BCUT2D eigenvalue weighted by molar-refractivity contribution is -0.283. The number of alkyl halides is 1. The van der Waals surface area contributed by atoms with Gasteiger partial charge in [-0.2, -0.15) is 0 Å². The first-order valence-electron chi connectivity index (χ1n) is 15.2. The van der Waals surface area contributed by atoms with Gasteiger partial charge in [-0.05, 0) is 22.3 Å². The molecule has 1 saturated heterocycles. The van der Waals surface area contributed by atoms with Crippen molar-refractivity contribution in [3.05, 3.63) is 59.7 Å². The highest BCUT2D eigenvalue weighted by molar-refractivity contribution is 9.09. The third-order valence-corrected chi connectivity index (χ3v) is 9.17. The number of methoxy groups -OCH3 is 1. The second kappa shape index (κ2) is 15.8. The molecule has 2 aromatic carbocycles. The van der Waals surface area contributed by atoms with Crippen molar-refractivity contribution in [2.45, 2.75) is 74.6 Å². The zero-order chi connectivity index (χ0) is 36.0. The van der Waals surface area contributed by atoms with Crippen LogP contribution in [0.2, 0.25) is 0 Å². The molecule has 4 rings (SSSR count). The van der Waals surface area contributed by atoms with Crippen molar-refractivity contribution < 1.29 is 62.3 Å². The molecule has 1 aliphatic heterocycles. The van der Waals surface area contributed by atoms with Gasteiger partial charge in [-0.3, -0.25) is 19.2 Å². The molecule has 1 aliphatic carbocycles. The van der Waals surface area contributed by atoms with Crippen LogP contribution in [0.15, 0.2) is 48.5 Å². The Morgan fingerprint density at radius 1 is 0.837 bits per heavy atom. The first-order valence-corrected chi connectivity index (χ1v) is 16.1. The number of esters is 4. The second-order valence-corrected chi connectivity index (χ2v) is 12.4. The average Bonchev–Trinajstić information content (AvgIpc) is 3.37. The predicted octanol–water partition coefficient (Wildman–Crippen LogP) is 1.85. The van der Waals surface area contributed by atoms with E-state index in [0.29, 0.717) is 0 Å². The summed E-state index contributed by atoms with van der Waals surface area (Å²) in [5, 5.41) is 16.8. The maximum absolute atomic E-state index is 13.5. The van der Waals surface area contributed by atoms with Gasteiger partial charge in [0.2, 0.25) is 5.91 Å². The lowest BCUT2D eigenvalue weighted by atomic mass is 9.86. The van der Waals surface area contributed by atoms with E-state index in [1.807, 2.05) is 48.5 Å². The molecule has 0 radical (unpaired) electrons. The van der Waals surface area contributed by atoms with E-state index >= 15 is 0 Å². The summed E-state index contributed by atoms with van der Waals surface area (Å²) in [7, 11) is 0.970. The third-order valence-electron chi connectivity index (χ3n) is 7.98. The molecule has 1 fully saturated rings. The standard InChI is InChI=1S/C33H37BrN2O13/c1-16(37)35-26-27(36-32(42)46-14-24-22-12-8-6-10-20(22)21-11-7-9-13-23(21)24)30(34)33(43,31(41)44-5)49-29(26)28(48-19(4)40)25(47-18(3)39)15-45-17(2)38/h6-13,24-30,43H,14-15H2,1-5H3,(H,35,37)(H,36,42)/t25-,26-,27-,28-,29-,30-,33+/m1/s1. The molecule has 2 amide bonds. The highest BCUT2D eigenvalue weighted by Crippen LogP contribution is 2.44. The Morgan fingerprint density at radius 3 is 1.92 bits per heavy atom. The number of nitrogens with one attached hydrogen (secondary N) is 2. The molecule has 15 nitrogen and oxygen atoms in total. The molecule has 0 bridgehead atoms. The lowest BCUT2D eigenvalue weighted by Crippen LogP contribution is -2.75. The van der Waals surface area contributed by atoms with Gasteiger partial charge in [0.15, 0.2) is 12.2 Å². The number of rotatable bonds is 11. The number of halogens is 1. The van der Waals surface area contributed by atoms with E-state index in [2.05, 4.69) is 26.6 Å². The van der Waals surface area contributed by atoms with Crippen LogP contribution in [0.1, 0.15) is 44.7 Å². The number of ether oxygens (including phenoxy) is 6. The fourth-order valence-electron chi connectivity index (χ4n) is 6.05. The molecule has 2 aromatic rings. The Labute approximate surface area is 290 Å². The first-order chi connectivity index (χ1) is 23.2. The van der Waals surface area contributed by atoms with E-state index in [1.54, 1.807) is 0 Å². The minimum atomic E-state index is -2.89. The van der Waals surface area contributed by atoms with Crippen molar-refractivity contribution in [1.82, 2.24) is 10.6 Å². The topological polar surface area (TPSA) is 202 Å². The minimum Gasteiger partial charge on any atom is -0.465 e. The quantitative estimate of drug-likeness (QED) is 0.171. The molecule has 0 saturated carbocycles. The Kier molecular flexibility index (Phi) is 12.0. The molecule has 16 heteroatoms. The summed E-state index contributed by atoms with van der Waals surface area (Å²) in [6.07, 6.45) is -6.06. The Hall–Kier alpha value is -4.54. The molecule has 1 heterocycles. The van der Waals surface area contributed by atoms with Crippen LogP contribution < -0.4 is 10.6 Å². The van der Waals surface area contributed by atoms with Gasteiger partial charge < -0.3 is 44.2 Å². The molecular formula is C33H37BrN2O13. The van der Waals surface area contributed by atoms with Crippen LogP contribution in [0.3, 0.4) is 0 Å². The third kappa shape index (κ3) is 8.37. The largest absolute Gasteiger partial charge is 0.465 e. The van der Waals surface area contributed by atoms with Crippen LogP contribution in [0, 0.1) is 0 Å². The van der Waals surface area contributed by atoms with Crippen LogP contribution in [0.4, 0.5) is 4.79 Å². The zero-order valence-corrected chi connectivity index (χ0v) is 28.9. The van der Waals surface area contributed by atoms with E-state index < -0.39 is 83.5 Å². The summed E-state index contributed by atoms with van der Waals surface area (Å²) in [6.45, 7) is 3.54. The summed E-state index contributed by atoms with van der Waals surface area (Å²) in [5.41, 5.74) is 3.90. The summed E-state index contributed by atoms with van der Waals surface area (Å²) in [6, 6.07) is 12.6. The Morgan fingerprint density at radius 2 is 1.41 bits per heavy atom. The summed E-state index contributed by atoms with van der Waals surface area (Å²) < 4.78 is 32.1. The van der Waals surface area contributed by atoms with E-state index in [0.717, 1.165) is 57.1 Å². The fraction of sp³-hybridized carbons (Fsp3) is 0.455. The van der Waals surface area contributed by atoms with Crippen LogP contribution in [0.5, 0.6) is 0 Å². The van der Waals surface area contributed by atoms with Gasteiger partial charge in [0, 0.05) is 33.6 Å². The number of hydrogen-bond donors (Lipinski definition) is 3. The number of amides is 2. The molecule has 0 aromatic heterocycles. The SMILES string of the molecule is COC(=O)[C@@]1(O)O[C@@H]([C@H](OC(C)=O)[C@@H](COC(C)=O)OC(C)=O)[C@H](NC(C)=O)[C@@H](NC(=O)OCC2c3ccccc3-c3ccccc32)[C@H]1Br. The van der Waals surface area contributed by atoms with Crippen LogP contribution in [-0.4, -0.2) is 102 Å². The van der Waals surface area contributed by atoms with Crippen molar-refractivity contribution in [2.75, 3.05) is 20.3 Å². The normalized spacial score (nSPS) is 23.8. The van der Waals surface area contributed by atoms with Crippen molar-refractivity contribution in [1.29, 1.82) is 0 Å². The predicted molar refractivity (Wildman–Crippen MR) is 172 cm³/mol. The monoisotopic (exact) mass is 748 g/mol. The summed E-state index contributed by atoms with van der Waals surface area (Å²) >= 11 is 3.23. The second-order valence-electron chi connectivity index (χ2n) is 11.4. The number of carbonyl (C=O) groups excluding carboxylic acids is 6. The number of alkyl carbamates (subject to hydrolysis) is 1. The zero-order valence-electron chi connectivity index (χ0n) is 27.3. The van der Waals surface area contributed by atoms with Gasteiger partial charge in [-0.25, -0.2) is 9.59 Å². The smallest absolute Gasteiger partial charge is 0.407 e. The van der Waals surface area contributed by atoms with Gasteiger partial charge in [-0.1, -0.05) is 64.5 Å². The number of fused-ring (bicyclic) bond motifs is 3. The summed E-state index contributed by atoms with van der Waals surface area (Å²) in [5.74, 6) is -7.77. The van der Waals surface area contributed by atoms with E-state index in [-0.39, 0.29) is 12.5 Å². The first kappa shape index (κ1) is 37.3. The highest BCUT2D eigenvalue weighted by atomic mass is 79.9. The number of aliphatic hydroxyl groups is 1. The molecule has 3 N–H and O–H groups in total. The number of benzene rings is 2. The molecule has 7 atom stereocenters. The van der Waals surface area contributed by atoms with Crippen molar-refractivity contribution in [2.24, 2.45) is 0 Å². The molecule has 2 aliphatic rings. The van der Waals surface area contributed by atoms with Crippen LogP contribution >= 0.6 is 15.9 Å². The molecule has 0 unspecified atom stereocenters. The van der Waals surface area contributed by atoms with Gasteiger partial charge in [0.1, 0.15) is 24.1 Å². The maximum Gasteiger partial charge on any atom is 0.407 e. The molecule has 264 valence electrons. The van der Waals surface area contributed by atoms with Crippen LogP contribution in [0.25, 0.3) is 11.1 Å². The van der Waals surface area contributed by atoms with E-state index in [4.69, 9.17) is 28.4 Å². The Balaban J connectivity index is 1.70. The molecule has 0 spiro atoms. The number of carbonyl (C=O) groups is 6. The fourth-order valence-corrected chi connectivity index (χ4v) is 6.81. The van der Waals surface area contributed by atoms with Gasteiger partial charge >= 0.3 is 30.0 Å². The number of hydrogen-bond acceptors (Lipinski definition) is 13. The van der Waals surface area contributed by atoms with Gasteiger partial charge in [0.25, 0.3) is 5.79 Å².